The topological polar surface area (TPSA) is 102 Å². The summed E-state index contributed by atoms with van der Waals surface area (Å²) in [5.74, 6) is -3.51. The number of carbonyl (C=O) groups is 2. The molecule has 5 N–H and O–H groups in total. The number of halogens is 1. The van der Waals surface area contributed by atoms with Gasteiger partial charge in [-0.15, -0.1) is 0 Å². The van der Waals surface area contributed by atoms with E-state index in [1.54, 1.807) is 36.4 Å². The number of aryl methyl sites for hydroxylation is 1. The highest BCUT2D eigenvalue weighted by molar-refractivity contribution is 5.98. The Morgan fingerprint density at radius 1 is 1.04 bits per heavy atom. The van der Waals surface area contributed by atoms with E-state index in [9.17, 15) is 19.8 Å². The number of quaternary nitrogens is 1. The molecular weight excluding hydrogens is 342 g/mol. The molecule has 132 valence electrons. The van der Waals surface area contributed by atoms with Gasteiger partial charge in [0.1, 0.15) is 5.69 Å². The molecule has 0 amide bonds. The zero-order valence-electron chi connectivity index (χ0n) is 13.8. The maximum absolute atomic E-state index is 11.6. The largest absolute Gasteiger partial charge is 1.00 e. The minimum absolute atomic E-state index is 0. The molecule has 6 heteroatoms. The zero-order chi connectivity index (χ0) is 17.7. The summed E-state index contributed by atoms with van der Waals surface area (Å²) >= 11 is 0. The van der Waals surface area contributed by atoms with Crippen molar-refractivity contribution in [2.75, 3.05) is 0 Å². The summed E-state index contributed by atoms with van der Waals surface area (Å²) in [4.78, 5) is 23.3. The van der Waals surface area contributed by atoms with Gasteiger partial charge in [0.15, 0.2) is 0 Å². The van der Waals surface area contributed by atoms with E-state index in [1.165, 1.54) is 6.08 Å². The van der Waals surface area contributed by atoms with Crippen LogP contribution in [0.4, 0.5) is 5.69 Å². The fraction of sp³-hybridized carbons (Fsp3) is 0.158. The third-order valence-corrected chi connectivity index (χ3v) is 3.78. The van der Waals surface area contributed by atoms with E-state index in [0.717, 1.165) is 16.8 Å². The molecule has 5 nitrogen and oxygen atoms in total. The van der Waals surface area contributed by atoms with Crippen molar-refractivity contribution in [2.24, 2.45) is 5.92 Å². The molecule has 0 radical (unpaired) electrons. The molecule has 0 aromatic heterocycles. The minimum atomic E-state index is -1.23. The Balaban J connectivity index is 0.00000312. The first-order chi connectivity index (χ1) is 11.4. The number of hydrogen-bond acceptors (Lipinski definition) is 2. The fourth-order valence-electron chi connectivity index (χ4n) is 2.39. The fourth-order valence-corrected chi connectivity index (χ4v) is 2.39. The van der Waals surface area contributed by atoms with Crippen LogP contribution in [0.25, 0.3) is 6.08 Å². The number of carboxylic acids is 2. The summed E-state index contributed by atoms with van der Waals surface area (Å²) < 4.78 is 0. The van der Waals surface area contributed by atoms with Gasteiger partial charge in [-0.05, 0) is 42.7 Å². The quantitative estimate of drug-likeness (QED) is 0.591. The lowest BCUT2D eigenvalue weighted by molar-refractivity contribution is -0.254. The first kappa shape index (κ1) is 20.4. The predicted molar refractivity (Wildman–Crippen MR) is 90.6 cm³/mol. The van der Waals surface area contributed by atoms with Gasteiger partial charge in [-0.1, -0.05) is 42.0 Å². The van der Waals surface area contributed by atoms with Crippen molar-refractivity contribution >= 4 is 23.7 Å². The molecule has 0 heterocycles. The van der Waals surface area contributed by atoms with Crippen molar-refractivity contribution in [1.29, 1.82) is 0 Å². The Morgan fingerprint density at radius 2 is 1.60 bits per heavy atom. The third-order valence-electron chi connectivity index (χ3n) is 3.78. The summed E-state index contributed by atoms with van der Waals surface area (Å²) in [7, 11) is 0. The van der Waals surface area contributed by atoms with Crippen LogP contribution in [-0.2, 0) is 16.0 Å². The first-order valence-corrected chi connectivity index (χ1v) is 7.52. The molecule has 1 unspecified atom stereocenters. The van der Waals surface area contributed by atoms with Crippen molar-refractivity contribution in [3.8, 4) is 0 Å². The van der Waals surface area contributed by atoms with Gasteiger partial charge in [0.25, 0.3) is 0 Å². The summed E-state index contributed by atoms with van der Waals surface area (Å²) in [5.41, 5.74) is 6.93. The van der Waals surface area contributed by atoms with Gasteiger partial charge in [-0.25, -0.2) is 4.79 Å². The molecule has 0 spiro atoms. The Bertz CT molecular complexity index is 767. The van der Waals surface area contributed by atoms with Crippen LogP contribution in [0, 0.1) is 12.8 Å². The number of hydrogen-bond donors (Lipinski definition) is 3. The average Bonchev–Trinajstić information content (AvgIpc) is 2.54. The van der Waals surface area contributed by atoms with Crippen molar-refractivity contribution in [1.82, 2.24) is 0 Å². The van der Waals surface area contributed by atoms with E-state index < -0.39 is 17.9 Å². The molecule has 0 saturated heterocycles. The first-order valence-electron chi connectivity index (χ1n) is 7.52. The summed E-state index contributed by atoms with van der Waals surface area (Å²) in [5, 5.41) is 19.0. The molecule has 1 atom stereocenters. The Labute approximate surface area is 152 Å². The molecule has 0 aliphatic heterocycles. The SMILES string of the molecule is Cc1ccc(/C=C(\C(=O)O)C(Cc2ccc([NH3+])cc2)C(=O)O)cc1.[Cl-]. The lowest BCUT2D eigenvalue weighted by Gasteiger charge is -2.14. The Kier molecular flexibility index (Phi) is 7.36. The monoisotopic (exact) mass is 361 g/mol. The average molecular weight is 362 g/mol. The van der Waals surface area contributed by atoms with Gasteiger partial charge < -0.3 is 28.4 Å². The van der Waals surface area contributed by atoms with Crippen LogP contribution < -0.4 is 18.1 Å². The lowest BCUT2D eigenvalue weighted by Crippen LogP contribution is -3.00. The zero-order valence-corrected chi connectivity index (χ0v) is 14.5. The van der Waals surface area contributed by atoms with Gasteiger partial charge in [-0.3, -0.25) is 4.79 Å². The minimum Gasteiger partial charge on any atom is -1.00 e. The van der Waals surface area contributed by atoms with Crippen LogP contribution >= 0.6 is 0 Å². The smallest absolute Gasteiger partial charge is 0.332 e. The van der Waals surface area contributed by atoms with Crippen molar-refractivity contribution < 1.29 is 37.9 Å². The highest BCUT2D eigenvalue weighted by Crippen LogP contribution is 2.22. The van der Waals surface area contributed by atoms with Gasteiger partial charge in [0.05, 0.1) is 11.5 Å². The van der Waals surface area contributed by atoms with Crippen LogP contribution in [-0.4, -0.2) is 22.2 Å². The van der Waals surface area contributed by atoms with Crippen LogP contribution in [0.2, 0.25) is 0 Å². The van der Waals surface area contributed by atoms with E-state index in [4.69, 9.17) is 0 Å². The van der Waals surface area contributed by atoms with Crippen LogP contribution in [0.15, 0.2) is 54.1 Å². The highest BCUT2D eigenvalue weighted by Gasteiger charge is 2.27. The Hall–Kier alpha value is -2.63. The van der Waals surface area contributed by atoms with Crippen molar-refractivity contribution in [2.45, 2.75) is 13.3 Å². The summed E-state index contributed by atoms with van der Waals surface area (Å²) in [6, 6.07) is 14.3. The van der Waals surface area contributed by atoms with Gasteiger partial charge >= 0.3 is 11.9 Å². The molecular formula is C19H20ClNO4. The molecule has 2 aromatic rings. The van der Waals surface area contributed by atoms with Crippen LogP contribution in [0.1, 0.15) is 16.7 Å². The normalized spacial score (nSPS) is 12.2. The molecule has 0 aliphatic carbocycles. The van der Waals surface area contributed by atoms with Gasteiger partial charge in [-0.2, -0.15) is 0 Å². The van der Waals surface area contributed by atoms with E-state index in [2.05, 4.69) is 5.73 Å². The number of carboxylic acid groups (broad SMARTS) is 2. The molecule has 25 heavy (non-hydrogen) atoms. The standard InChI is InChI=1S/C19H19NO4.ClH/c1-12-2-4-13(5-3-12)10-16(18(21)22)17(19(23)24)11-14-6-8-15(20)9-7-14;/h2-10,17H,11,20H2,1H3,(H,21,22)(H,23,24);1H/b16-10-;. The molecule has 0 bridgehead atoms. The second kappa shape index (κ2) is 9.01. The summed E-state index contributed by atoms with van der Waals surface area (Å²) in [6.45, 7) is 1.93. The Morgan fingerprint density at radius 3 is 2.08 bits per heavy atom. The second-order valence-electron chi connectivity index (χ2n) is 5.73. The maximum Gasteiger partial charge on any atom is 0.332 e. The number of benzene rings is 2. The second-order valence-corrected chi connectivity index (χ2v) is 5.73. The molecule has 0 saturated carbocycles. The number of aliphatic carboxylic acids is 2. The van der Waals surface area contributed by atoms with E-state index in [-0.39, 0.29) is 24.4 Å². The van der Waals surface area contributed by atoms with E-state index >= 15 is 0 Å². The predicted octanol–water partition coefficient (Wildman–Crippen LogP) is -0.716. The highest BCUT2D eigenvalue weighted by atomic mass is 35.5. The molecule has 2 aromatic carbocycles. The molecule has 0 aliphatic rings. The molecule has 2 rings (SSSR count). The van der Waals surface area contributed by atoms with Gasteiger partial charge in [0.2, 0.25) is 0 Å². The number of rotatable bonds is 6. The van der Waals surface area contributed by atoms with Crippen molar-refractivity contribution in [3.63, 3.8) is 0 Å². The van der Waals surface area contributed by atoms with Crippen LogP contribution in [0.3, 0.4) is 0 Å². The van der Waals surface area contributed by atoms with Gasteiger partial charge in [0, 0.05) is 0 Å². The molecule has 0 fully saturated rings. The van der Waals surface area contributed by atoms with E-state index in [1.807, 2.05) is 19.1 Å². The van der Waals surface area contributed by atoms with E-state index in [0.29, 0.717) is 5.56 Å². The summed E-state index contributed by atoms with van der Waals surface area (Å²) in [6.07, 6.45) is 1.54. The maximum atomic E-state index is 11.6. The van der Waals surface area contributed by atoms with Crippen molar-refractivity contribution in [3.05, 3.63) is 70.8 Å². The van der Waals surface area contributed by atoms with Crippen LogP contribution in [0.5, 0.6) is 0 Å². The third kappa shape index (κ3) is 5.74. The lowest BCUT2D eigenvalue weighted by atomic mass is 9.90.